The lowest BCUT2D eigenvalue weighted by molar-refractivity contribution is 0.578. The van der Waals surface area contributed by atoms with Crippen LogP contribution in [0, 0.1) is 32.4 Å². The molecule has 120 valence electrons. The van der Waals surface area contributed by atoms with Gasteiger partial charge in [-0.25, -0.2) is 8.78 Å². The second-order valence-electron chi connectivity index (χ2n) is 5.70. The van der Waals surface area contributed by atoms with Crippen molar-refractivity contribution >= 4 is 23.3 Å². The Bertz CT molecular complexity index is 723. The number of hydrogen-bond donors (Lipinski definition) is 0. The van der Waals surface area contributed by atoms with Gasteiger partial charge in [-0.1, -0.05) is 30.4 Å². The van der Waals surface area contributed by atoms with Gasteiger partial charge in [0.15, 0.2) is 0 Å². The van der Waals surface area contributed by atoms with Crippen LogP contribution in [0.4, 0.5) is 8.78 Å². The molecule has 0 saturated carbocycles. The SMILES string of the molecule is Cc1cc(F)c(C=NCC(=S)Cc2c(C)cccc2C)c(F)c1. The number of hydrogen-bond acceptors (Lipinski definition) is 2. The number of rotatable bonds is 5. The van der Waals surface area contributed by atoms with Gasteiger partial charge >= 0.3 is 0 Å². The normalized spacial score (nSPS) is 11.2. The second-order valence-corrected chi connectivity index (χ2v) is 6.28. The molecule has 0 spiro atoms. The number of aliphatic imine (C=N–C) groups is 1. The average Bonchev–Trinajstić information content (AvgIpc) is 2.46. The summed E-state index contributed by atoms with van der Waals surface area (Å²) in [4.78, 5) is 4.84. The Morgan fingerprint density at radius 1 is 1.09 bits per heavy atom. The van der Waals surface area contributed by atoms with Gasteiger partial charge in [0.05, 0.1) is 12.1 Å². The molecule has 0 unspecified atom stereocenters. The third-order valence-electron chi connectivity index (χ3n) is 3.73. The molecular formula is C19H19F2NS. The molecule has 0 bridgehead atoms. The van der Waals surface area contributed by atoms with E-state index < -0.39 is 11.6 Å². The van der Waals surface area contributed by atoms with Crippen molar-refractivity contribution in [2.75, 3.05) is 6.54 Å². The first-order valence-electron chi connectivity index (χ1n) is 7.40. The first-order valence-corrected chi connectivity index (χ1v) is 7.81. The van der Waals surface area contributed by atoms with Gasteiger partial charge in [0.1, 0.15) is 11.6 Å². The van der Waals surface area contributed by atoms with E-state index in [0.29, 0.717) is 12.0 Å². The van der Waals surface area contributed by atoms with E-state index in [1.165, 1.54) is 35.0 Å². The fourth-order valence-electron chi connectivity index (χ4n) is 2.45. The lowest BCUT2D eigenvalue weighted by atomic mass is 9.99. The van der Waals surface area contributed by atoms with Crippen LogP contribution in [-0.2, 0) is 6.42 Å². The summed E-state index contributed by atoms with van der Waals surface area (Å²) in [5.41, 5.74) is 3.99. The van der Waals surface area contributed by atoms with E-state index in [1.807, 2.05) is 32.0 Å². The highest BCUT2D eigenvalue weighted by Gasteiger charge is 2.08. The van der Waals surface area contributed by atoms with Crippen molar-refractivity contribution in [3.05, 3.63) is 69.8 Å². The fraction of sp³-hybridized carbons (Fsp3) is 0.263. The Hall–Kier alpha value is -1.94. The molecule has 2 aromatic carbocycles. The van der Waals surface area contributed by atoms with E-state index in [2.05, 4.69) is 4.99 Å². The van der Waals surface area contributed by atoms with Crippen LogP contribution in [0.5, 0.6) is 0 Å². The van der Waals surface area contributed by atoms with Gasteiger partial charge < -0.3 is 0 Å². The van der Waals surface area contributed by atoms with E-state index in [0.717, 1.165) is 4.86 Å². The molecule has 2 aromatic rings. The van der Waals surface area contributed by atoms with Crippen LogP contribution in [-0.4, -0.2) is 17.6 Å². The maximum atomic E-state index is 13.7. The first kappa shape index (κ1) is 17.4. The fourth-order valence-corrected chi connectivity index (χ4v) is 2.67. The highest BCUT2D eigenvalue weighted by molar-refractivity contribution is 7.80. The minimum atomic E-state index is -0.605. The van der Waals surface area contributed by atoms with Gasteiger partial charge in [-0.2, -0.15) is 0 Å². The predicted octanol–water partition coefficient (Wildman–Crippen LogP) is 4.92. The Morgan fingerprint density at radius 3 is 2.22 bits per heavy atom. The molecule has 0 aliphatic carbocycles. The van der Waals surface area contributed by atoms with Crippen molar-refractivity contribution in [1.29, 1.82) is 0 Å². The van der Waals surface area contributed by atoms with E-state index in [-0.39, 0.29) is 12.1 Å². The van der Waals surface area contributed by atoms with Gasteiger partial charge in [-0.15, -0.1) is 0 Å². The minimum absolute atomic E-state index is 0.120. The summed E-state index contributed by atoms with van der Waals surface area (Å²) in [6.07, 6.45) is 1.87. The Kier molecular flexibility index (Phi) is 5.72. The maximum Gasteiger partial charge on any atom is 0.135 e. The van der Waals surface area contributed by atoms with Crippen LogP contribution in [0.3, 0.4) is 0 Å². The van der Waals surface area contributed by atoms with Gasteiger partial charge in [0.2, 0.25) is 0 Å². The van der Waals surface area contributed by atoms with E-state index in [1.54, 1.807) is 6.92 Å². The number of aryl methyl sites for hydroxylation is 3. The minimum Gasteiger partial charge on any atom is -0.287 e. The van der Waals surface area contributed by atoms with Crippen LogP contribution >= 0.6 is 12.2 Å². The molecule has 0 aliphatic heterocycles. The molecule has 0 heterocycles. The van der Waals surface area contributed by atoms with Crippen LogP contribution < -0.4 is 0 Å². The largest absolute Gasteiger partial charge is 0.287 e. The van der Waals surface area contributed by atoms with E-state index in [9.17, 15) is 8.78 Å². The first-order chi connectivity index (χ1) is 10.9. The quantitative estimate of drug-likeness (QED) is 0.559. The molecule has 0 amide bonds. The van der Waals surface area contributed by atoms with E-state index >= 15 is 0 Å². The summed E-state index contributed by atoms with van der Waals surface area (Å²) >= 11 is 5.36. The monoisotopic (exact) mass is 331 g/mol. The van der Waals surface area contributed by atoms with Gasteiger partial charge in [0.25, 0.3) is 0 Å². The lowest BCUT2D eigenvalue weighted by Crippen LogP contribution is -2.07. The molecule has 0 aromatic heterocycles. The molecule has 0 saturated heterocycles. The summed E-state index contributed by atoms with van der Waals surface area (Å²) in [6.45, 7) is 6.01. The van der Waals surface area contributed by atoms with Gasteiger partial charge in [0, 0.05) is 17.5 Å². The molecule has 1 nitrogen and oxygen atoms in total. The maximum absolute atomic E-state index is 13.7. The Balaban J connectivity index is 2.05. The summed E-state index contributed by atoms with van der Waals surface area (Å²) < 4.78 is 27.4. The molecule has 4 heteroatoms. The molecule has 0 N–H and O–H groups in total. The van der Waals surface area contributed by atoms with Gasteiger partial charge in [-0.3, -0.25) is 4.99 Å². The molecule has 0 aliphatic rings. The van der Waals surface area contributed by atoms with Crippen molar-refractivity contribution in [3.63, 3.8) is 0 Å². The van der Waals surface area contributed by atoms with Crippen molar-refractivity contribution < 1.29 is 8.78 Å². The van der Waals surface area contributed by atoms with Crippen LogP contribution in [0.25, 0.3) is 0 Å². The average molecular weight is 331 g/mol. The smallest absolute Gasteiger partial charge is 0.135 e. The number of halogens is 2. The van der Waals surface area contributed by atoms with Crippen LogP contribution in [0.2, 0.25) is 0 Å². The predicted molar refractivity (Wildman–Crippen MR) is 95.8 cm³/mol. The van der Waals surface area contributed by atoms with E-state index in [4.69, 9.17) is 12.2 Å². The standard InChI is InChI=1S/C19H19F2NS/c1-12-7-18(20)17(19(21)8-12)11-22-10-15(23)9-16-13(2)5-4-6-14(16)3/h4-8,11H,9-10H2,1-3H3. The summed E-state index contributed by atoms with van der Waals surface area (Å²) in [7, 11) is 0. The summed E-state index contributed by atoms with van der Waals surface area (Å²) in [5, 5.41) is 0. The third-order valence-corrected chi connectivity index (χ3v) is 4.00. The lowest BCUT2D eigenvalue weighted by Gasteiger charge is -2.09. The molecule has 0 atom stereocenters. The molecule has 23 heavy (non-hydrogen) atoms. The Labute approximate surface area is 141 Å². The van der Waals surface area contributed by atoms with Crippen molar-refractivity contribution in [1.82, 2.24) is 0 Å². The highest BCUT2D eigenvalue weighted by Crippen LogP contribution is 2.15. The highest BCUT2D eigenvalue weighted by atomic mass is 32.1. The summed E-state index contributed by atoms with van der Waals surface area (Å²) in [5.74, 6) is -1.21. The van der Waals surface area contributed by atoms with Crippen LogP contribution in [0.15, 0.2) is 35.3 Å². The molecular weight excluding hydrogens is 312 g/mol. The van der Waals surface area contributed by atoms with Crippen molar-refractivity contribution in [3.8, 4) is 0 Å². The number of benzene rings is 2. The van der Waals surface area contributed by atoms with Crippen molar-refractivity contribution in [2.45, 2.75) is 27.2 Å². The number of nitrogens with zero attached hydrogens (tertiary/aromatic N) is 1. The third kappa shape index (κ3) is 4.52. The molecule has 2 rings (SSSR count). The summed E-state index contributed by atoms with van der Waals surface area (Å²) in [6, 6.07) is 8.69. The zero-order chi connectivity index (χ0) is 17.0. The number of thiocarbonyl (C=S) groups is 1. The topological polar surface area (TPSA) is 12.4 Å². The Morgan fingerprint density at radius 2 is 1.65 bits per heavy atom. The zero-order valence-corrected chi connectivity index (χ0v) is 14.3. The zero-order valence-electron chi connectivity index (χ0n) is 13.5. The van der Waals surface area contributed by atoms with Crippen molar-refractivity contribution in [2.24, 2.45) is 4.99 Å². The van der Waals surface area contributed by atoms with Gasteiger partial charge in [-0.05, 0) is 55.2 Å². The second kappa shape index (κ2) is 7.55. The molecule has 0 radical (unpaired) electrons. The molecule has 0 fully saturated rings. The van der Waals surface area contributed by atoms with Crippen LogP contribution in [0.1, 0.15) is 27.8 Å².